The number of hydrogen-bond acceptors (Lipinski definition) is 3. The standard InChI is InChI=1S/C5H12O.C4H8O2.H2O/c1-4-5(2,3)6;1-2-4-6-5-3-1;/h6H,4H2,1-3H3;1-4H2;1H2. The van der Waals surface area contributed by atoms with Gasteiger partial charge in [-0.15, -0.1) is 0 Å². The van der Waals surface area contributed by atoms with Crippen molar-refractivity contribution in [3.63, 3.8) is 0 Å². The molecule has 4 nitrogen and oxygen atoms in total. The Morgan fingerprint density at radius 2 is 1.46 bits per heavy atom. The minimum atomic E-state index is -0.458. The van der Waals surface area contributed by atoms with Crippen molar-refractivity contribution in [3.8, 4) is 0 Å². The summed E-state index contributed by atoms with van der Waals surface area (Å²) in [4.78, 5) is 9.14. The highest BCUT2D eigenvalue weighted by Gasteiger charge is 2.05. The smallest absolute Gasteiger partial charge is 0.0823 e. The number of aliphatic hydroxyl groups is 1. The third-order valence-electron chi connectivity index (χ3n) is 1.65. The second-order valence-electron chi connectivity index (χ2n) is 3.52. The highest BCUT2D eigenvalue weighted by Crippen LogP contribution is 2.03. The minimum absolute atomic E-state index is 0. The lowest BCUT2D eigenvalue weighted by atomic mass is 10.1. The van der Waals surface area contributed by atoms with Gasteiger partial charge in [-0.3, -0.25) is 0 Å². The van der Waals surface area contributed by atoms with Gasteiger partial charge in [0.2, 0.25) is 0 Å². The predicted molar refractivity (Wildman–Crippen MR) is 51.3 cm³/mol. The van der Waals surface area contributed by atoms with Crippen molar-refractivity contribution in [2.24, 2.45) is 0 Å². The monoisotopic (exact) mass is 194 g/mol. The van der Waals surface area contributed by atoms with E-state index in [4.69, 9.17) is 5.11 Å². The van der Waals surface area contributed by atoms with Crippen LogP contribution in [0.3, 0.4) is 0 Å². The van der Waals surface area contributed by atoms with Gasteiger partial charge in [0.15, 0.2) is 0 Å². The van der Waals surface area contributed by atoms with Gasteiger partial charge in [0.05, 0.1) is 18.8 Å². The van der Waals surface area contributed by atoms with Crippen LogP contribution in [-0.2, 0) is 9.78 Å². The highest BCUT2D eigenvalue weighted by atomic mass is 17.2. The Kier molecular flexibility index (Phi) is 9.94. The van der Waals surface area contributed by atoms with Crippen LogP contribution in [0.2, 0.25) is 0 Å². The molecule has 0 bridgehead atoms. The highest BCUT2D eigenvalue weighted by molar-refractivity contribution is 4.59. The lowest BCUT2D eigenvalue weighted by molar-refractivity contribution is -0.312. The Morgan fingerprint density at radius 3 is 1.54 bits per heavy atom. The van der Waals surface area contributed by atoms with Crippen LogP contribution in [0, 0.1) is 0 Å². The number of rotatable bonds is 1. The summed E-state index contributed by atoms with van der Waals surface area (Å²) < 4.78 is 0. The van der Waals surface area contributed by atoms with Gasteiger partial charge in [-0.1, -0.05) is 6.92 Å². The van der Waals surface area contributed by atoms with Crippen LogP contribution in [0.15, 0.2) is 0 Å². The fourth-order valence-corrected chi connectivity index (χ4v) is 0.440. The molecular weight excluding hydrogens is 172 g/mol. The molecule has 0 amide bonds. The quantitative estimate of drug-likeness (QED) is 0.635. The summed E-state index contributed by atoms with van der Waals surface area (Å²) in [5.74, 6) is 0. The molecule has 0 radical (unpaired) electrons. The summed E-state index contributed by atoms with van der Waals surface area (Å²) in [7, 11) is 0. The van der Waals surface area contributed by atoms with Crippen LogP contribution in [0.4, 0.5) is 0 Å². The molecule has 0 aromatic carbocycles. The molecule has 1 saturated heterocycles. The lowest BCUT2D eigenvalue weighted by Crippen LogP contribution is -2.15. The van der Waals surface area contributed by atoms with Crippen LogP contribution in [0.5, 0.6) is 0 Å². The van der Waals surface area contributed by atoms with Gasteiger partial charge in [-0.25, -0.2) is 9.78 Å². The van der Waals surface area contributed by atoms with Gasteiger partial charge in [0, 0.05) is 0 Å². The molecule has 1 fully saturated rings. The SMILES string of the molecule is C1CCOOC1.CCC(C)(C)O.O. The van der Waals surface area contributed by atoms with Gasteiger partial charge in [-0.05, 0) is 33.1 Å². The molecule has 1 heterocycles. The molecule has 1 aliphatic rings. The first kappa shape index (κ1) is 15.3. The molecule has 0 aromatic rings. The van der Waals surface area contributed by atoms with Crippen LogP contribution in [0.1, 0.15) is 40.0 Å². The maximum absolute atomic E-state index is 8.83. The van der Waals surface area contributed by atoms with Crippen molar-refractivity contribution < 1.29 is 20.4 Å². The van der Waals surface area contributed by atoms with Crippen LogP contribution < -0.4 is 0 Å². The van der Waals surface area contributed by atoms with Crippen molar-refractivity contribution >= 4 is 0 Å². The normalized spacial score (nSPS) is 16.6. The third kappa shape index (κ3) is 14.7. The van der Waals surface area contributed by atoms with E-state index >= 15 is 0 Å². The zero-order chi connectivity index (χ0) is 9.45. The summed E-state index contributed by atoms with van der Waals surface area (Å²) >= 11 is 0. The average molecular weight is 194 g/mol. The van der Waals surface area contributed by atoms with E-state index in [0.29, 0.717) is 0 Å². The molecule has 0 spiro atoms. The van der Waals surface area contributed by atoms with E-state index in [0.717, 1.165) is 32.5 Å². The zero-order valence-corrected chi connectivity index (χ0v) is 8.80. The Hall–Kier alpha value is -0.160. The Labute approximate surface area is 80.1 Å². The van der Waals surface area contributed by atoms with E-state index < -0.39 is 5.60 Å². The molecule has 1 aliphatic heterocycles. The second-order valence-corrected chi connectivity index (χ2v) is 3.52. The first-order valence-electron chi connectivity index (χ1n) is 4.53. The van der Waals surface area contributed by atoms with Crippen LogP contribution >= 0.6 is 0 Å². The summed E-state index contributed by atoms with van der Waals surface area (Å²) in [5.41, 5.74) is -0.458. The fourth-order valence-electron chi connectivity index (χ4n) is 0.440. The minimum Gasteiger partial charge on any atom is -0.412 e. The maximum atomic E-state index is 8.83. The topological polar surface area (TPSA) is 70.2 Å². The van der Waals surface area contributed by atoms with Crippen molar-refractivity contribution in [3.05, 3.63) is 0 Å². The Morgan fingerprint density at radius 1 is 1.15 bits per heavy atom. The van der Waals surface area contributed by atoms with Gasteiger partial charge in [0.25, 0.3) is 0 Å². The molecule has 3 N–H and O–H groups in total. The molecule has 0 unspecified atom stereocenters. The van der Waals surface area contributed by atoms with Gasteiger partial charge < -0.3 is 10.6 Å². The van der Waals surface area contributed by atoms with Gasteiger partial charge in [-0.2, -0.15) is 0 Å². The number of hydrogen-bond donors (Lipinski definition) is 1. The van der Waals surface area contributed by atoms with E-state index in [2.05, 4.69) is 9.78 Å². The zero-order valence-electron chi connectivity index (χ0n) is 8.80. The lowest BCUT2D eigenvalue weighted by Gasteiger charge is -2.11. The maximum Gasteiger partial charge on any atom is 0.0823 e. The van der Waals surface area contributed by atoms with Crippen molar-refractivity contribution in [1.82, 2.24) is 0 Å². The summed E-state index contributed by atoms with van der Waals surface area (Å²) in [6.07, 6.45) is 3.13. The fraction of sp³-hybridized carbons (Fsp3) is 1.00. The molecular formula is C9H22O4. The van der Waals surface area contributed by atoms with Crippen molar-refractivity contribution in [2.45, 2.75) is 45.6 Å². The largest absolute Gasteiger partial charge is 0.412 e. The average Bonchev–Trinajstić information content (AvgIpc) is 2.07. The molecule has 82 valence electrons. The Balaban J connectivity index is 0. The first-order valence-corrected chi connectivity index (χ1v) is 4.53. The van der Waals surface area contributed by atoms with Crippen LogP contribution in [0.25, 0.3) is 0 Å². The van der Waals surface area contributed by atoms with E-state index in [1.165, 1.54) is 0 Å². The summed E-state index contributed by atoms with van der Waals surface area (Å²) in [6, 6.07) is 0. The van der Waals surface area contributed by atoms with Gasteiger partial charge >= 0.3 is 0 Å². The van der Waals surface area contributed by atoms with E-state index in [1.54, 1.807) is 13.8 Å². The van der Waals surface area contributed by atoms with E-state index in [-0.39, 0.29) is 5.48 Å². The van der Waals surface area contributed by atoms with Crippen LogP contribution in [-0.4, -0.2) is 29.4 Å². The molecule has 0 aromatic heterocycles. The van der Waals surface area contributed by atoms with Gasteiger partial charge in [0.1, 0.15) is 0 Å². The molecule has 0 aliphatic carbocycles. The molecule has 4 heteroatoms. The summed E-state index contributed by atoms with van der Waals surface area (Å²) in [5, 5.41) is 8.83. The molecule has 0 atom stereocenters. The van der Waals surface area contributed by atoms with Crippen molar-refractivity contribution in [2.75, 3.05) is 13.2 Å². The Bertz CT molecular complexity index is 82.8. The second kappa shape index (κ2) is 8.44. The molecule has 0 saturated carbocycles. The van der Waals surface area contributed by atoms with Crippen molar-refractivity contribution in [1.29, 1.82) is 0 Å². The molecule has 13 heavy (non-hydrogen) atoms. The first-order chi connectivity index (χ1) is 5.56. The third-order valence-corrected chi connectivity index (χ3v) is 1.65. The van der Waals surface area contributed by atoms with E-state index in [9.17, 15) is 0 Å². The molecule has 1 rings (SSSR count). The summed E-state index contributed by atoms with van der Waals surface area (Å²) in [6.45, 7) is 7.11. The predicted octanol–water partition coefficient (Wildman–Crippen LogP) is 1.07. The van der Waals surface area contributed by atoms with E-state index in [1.807, 2.05) is 6.92 Å².